The van der Waals surface area contributed by atoms with Gasteiger partial charge >= 0.3 is 5.97 Å². The lowest BCUT2D eigenvalue weighted by Crippen LogP contribution is -2.64. The van der Waals surface area contributed by atoms with Gasteiger partial charge in [0, 0.05) is 4.75 Å². The van der Waals surface area contributed by atoms with Crippen LogP contribution in [0.1, 0.15) is 38.0 Å². The van der Waals surface area contributed by atoms with E-state index < -0.39 is 35.0 Å². The molecule has 2 aliphatic rings. The minimum Gasteiger partial charge on any atom is -0.451 e. The van der Waals surface area contributed by atoms with E-state index >= 15 is 0 Å². The summed E-state index contributed by atoms with van der Waals surface area (Å²) < 4.78 is 19.3. The normalized spacial score (nSPS) is 26.0. The molecule has 2 heterocycles. The second-order valence-electron chi connectivity index (χ2n) is 8.10. The maximum absolute atomic E-state index is 13.9. The molecule has 0 aromatic heterocycles. The van der Waals surface area contributed by atoms with Crippen molar-refractivity contribution in [3.8, 4) is 0 Å². The third-order valence-electron chi connectivity index (χ3n) is 5.64. The van der Waals surface area contributed by atoms with Crippen molar-refractivity contribution in [3.05, 3.63) is 71.8 Å². The van der Waals surface area contributed by atoms with Crippen LogP contribution in [0.5, 0.6) is 0 Å². The van der Waals surface area contributed by atoms with Gasteiger partial charge in [0.2, 0.25) is 5.91 Å². The summed E-state index contributed by atoms with van der Waals surface area (Å²) in [6.45, 7) is 5.23. The first-order valence-corrected chi connectivity index (χ1v) is 10.6. The van der Waals surface area contributed by atoms with Crippen LogP contribution in [0.15, 0.2) is 60.7 Å². The molecule has 2 fully saturated rings. The molecule has 0 spiro atoms. The van der Waals surface area contributed by atoms with Gasteiger partial charge < -0.3 is 9.64 Å². The van der Waals surface area contributed by atoms with Gasteiger partial charge in [-0.2, -0.15) is 0 Å². The molecule has 0 unspecified atom stereocenters. The van der Waals surface area contributed by atoms with Crippen LogP contribution < -0.4 is 0 Å². The molecule has 0 saturated carbocycles. The zero-order valence-electron chi connectivity index (χ0n) is 16.6. The van der Waals surface area contributed by atoms with Crippen LogP contribution in [-0.2, 0) is 14.3 Å². The largest absolute Gasteiger partial charge is 0.451 e. The SMILES string of the molecule is C[C@@H](F)[C@@H]1C(=O)N2[C@@H]1SC(C)(C)[C@@H]2C(=O)OC(c1ccccc1)c1ccccc1. The van der Waals surface area contributed by atoms with Gasteiger partial charge in [0.25, 0.3) is 0 Å². The van der Waals surface area contributed by atoms with Crippen molar-refractivity contribution >= 4 is 23.6 Å². The van der Waals surface area contributed by atoms with Crippen molar-refractivity contribution in [2.24, 2.45) is 5.92 Å². The Morgan fingerprint density at radius 1 is 1.07 bits per heavy atom. The highest BCUT2D eigenvalue weighted by Crippen LogP contribution is 2.54. The van der Waals surface area contributed by atoms with E-state index in [-0.39, 0.29) is 11.3 Å². The average molecular weight is 414 g/mol. The summed E-state index contributed by atoms with van der Waals surface area (Å²) >= 11 is 1.48. The number of carbonyl (C=O) groups is 2. The molecule has 2 aliphatic heterocycles. The summed E-state index contributed by atoms with van der Waals surface area (Å²) in [4.78, 5) is 27.4. The minimum absolute atomic E-state index is 0.305. The van der Waals surface area contributed by atoms with Crippen LogP contribution in [-0.4, -0.2) is 39.1 Å². The van der Waals surface area contributed by atoms with Crippen molar-refractivity contribution in [3.63, 3.8) is 0 Å². The number of amides is 1. The third-order valence-corrected chi connectivity index (χ3v) is 7.23. The molecule has 0 radical (unpaired) electrons. The first-order valence-electron chi connectivity index (χ1n) is 9.75. The highest BCUT2D eigenvalue weighted by molar-refractivity contribution is 8.01. The molecular weight excluding hydrogens is 389 g/mol. The second kappa shape index (κ2) is 7.48. The number of ether oxygens (including phenoxy) is 1. The van der Waals surface area contributed by atoms with Crippen LogP contribution in [0.25, 0.3) is 0 Å². The number of fused-ring (bicyclic) bond motifs is 1. The number of hydrogen-bond donors (Lipinski definition) is 0. The Kier molecular flexibility index (Phi) is 5.15. The summed E-state index contributed by atoms with van der Waals surface area (Å²) in [5.41, 5.74) is 1.72. The van der Waals surface area contributed by atoms with Gasteiger partial charge in [-0.15, -0.1) is 11.8 Å². The molecule has 0 N–H and O–H groups in total. The van der Waals surface area contributed by atoms with E-state index in [1.54, 1.807) is 0 Å². The Labute approximate surface area is 174 Å². The van der Waals surface area contributed by atoms with Gasteiger partial charge in [0.1, 0.15) is 12.2 Å². The number of alkyl halides is 1. The first-order chi connectivity index (χ1) is 13.8. The van der Waals surface area contributed by atoms with E-state index in [0.29, 0.717) is 0 Å². The van der Waals surface area contributed by atoms with Gasteiger partial charge in [-0.1, -0.05) is 60.7 Å². The first kappa shape index (κ1) is 20.0. The van der Waals surface area contributed by atoms with Gasteiger partial charge in [-0.25, -0.2) is 9.18 Å². The molecule has 2 saturated heterocycles. The molecule has 4 nitrogen and oxygen atoms in total. The monoisotopic (exact) mass is 413 g/mol. The van der Waals surface area contributed by atoms with E-state index in [0.717, 1.165) is 11.1 Å². The van der Waals surface area contributed by atoms with E-state index in [1.807, 2.05) is 74.5 Å². The van der Waals surface area contributed by atoms with Crippen LogP contribution >= 0.6 is 11.8 Å². The molecule has 4 rings (SSSR count). The van der Waals surface area contributed by atoms with E-state index in [9.17, 15) is 14.0 Å². The quantitative estimate of drug-likeness (QED) is 0.540. The molecule has 2 aromatic carbocycles. The topological polar surface area (TPSA) is 46.6 Å². The van der Waals surface area contributed by atoms with Crippen molar-refractivity contribution in [1.29, 1.82) is 0 Å². The number of β-lactam (4-membered cyclic amide) rings is 1. The summed E-state index contributed by atoms with van der Waals surface area (Å²) in [7, 11) is 0. The van der Waals surface area contributed by atoms with Gasteiger partial charge in [-0.3, -0.25) is 4.79 Å². The zero-order valence-corrected chi connectivity index (χ0v) is 17.4. The standard InChI is InChI=1S/C23H24FNO3S/c1-14(24)17-20(26)25-19(23(2,3)29-21(17)25)22(27)28-18(15-10-6-4-7-11-15)16-12-8-5-9-13-16/h4-14,17-19,21H,1-3H3/t14-,17-,19+,21-/m1/s1. The minimum atomic E-state index is -1.23. The zero-order chi connectivity index (χ0) is 20.8. The van der Waals surface area contributed by atoms with Crippen LogP contribution in [0.4, 0.5) is 4.39 Å². The van der Waals surface area contributed by atoms with Crippen LogP contribution in [0.2, 0.25) is 0 Å². The number of benzene rings is 2. The molecule has 6 heteroatoms. The summed E-state index contributed by atoms with van der Waals surface area (Å²) in [6, 6.07) is 18.3. The van der Waals surface area contributed by atoms with Crippen molar-refractivity contribution < 1.29 is 18.7 Å². The molecule has 0 bridgehead atoms. The Balaban J connectivity index is 1.62. The average Bonchev–Trinajstić information content (AvgIpc) is 2.94. The van der Waals surface area contributed by atoms with Gasteiger partial charge in [0.05, 0.1) is 11.3 Å². The molecule has 29 heavy (non-hydrogen) atoms. The smallest absolute Gasteiger partial charge is 0.331 e. The van der Waals surface area contributed by atoms with Crippen LogP contribution in [0, 0.1) is 5.92 Å². The predicted octanol–water partition coefficient (Wildman–Crippen LogP) is 4.36. The second-order valence-corrected chi connectivity index (χ2v) is 9.87. The highest BCUT2D eigenvalue weighted by atomic mass is 32.2. The molecule has 1 amide bonds. The number of carbonyl (C=O) groups excluding carboxylic acids is 2. The van der Waals surface area contributed by atoms with Gasteiger partial charge in [0.15, 0.2) is 6.10 Å². The Hall–Kier alpha value is -2.34. The molecule has 2 aromatic rings. The lowest BCUT2D eigenvalue weighted by Gasteiger charge is -2.44. The maximum Gasteiger partial charge on any atom is 0.331 e. The number of hydrogen-bond acceptors (Lipinski definition) is 4. The lowest BCUT2D eigenvalue weighted by molar-refractivity contribution is -0.171. The maximum atomic E-state index is 13.9. The number of esters is 1. The molecular formula is C23H24FNO3S. The fourth-order valence-corrected chi connectivity index (χ4v) is 5.99. The van der Waals surface area contributed by atoms with E-state index in [1.165, 1.54) is 23.6 Å². The fourth-order valence-electron chi connectivity index (χ4n) is 4.21. The Bertz CT molecular complexity index is 863. The lowest BCUT2D eigenvalue weighted by atomic mass is 9.89. The molecule has 0 aliphatic carbocycles. The summed E-state index contributed by atoms with van der Waals surface area (Å²) in [6.07, 6.45) is -1.81. The van der Waals surface area contributed by atoms with Crippen molar-refractivity contribution in [1.82, 2.24) is 4.90 Å². The van der Waals surface area contributed by atoms with E-state index in [2.05, 4.69) is 0 Å². The van der Waals surface area contributed by atoms with E-state index in [4.69, 9.17) is 4.74 Å². The molecule has 152 valence electrons. The van der Waals surface area contributed by atoms with Crippen LogP contribution in [0.3, 0.4) is 0 Å². The molecule has 4 atom stereocenters. The number of nitrogens with zero attached hydrogens (tertiary/aromatic N) is 1. The predicted molar refractivity (Wildman–Crippen MR) is 111 cm³/mol. The fraction of sp³-hybridized carbons (Fsp3) is 0.391. The third kappa shape index (κ3) is 3.44. The highest BCUT2D eigenvalue weighted by Gasteiger charge is 2.65. The number of thioether (sulfide) groups is 1. The summed E-state index contributed by atoms with van der Waals surface area (Å²) in [5, 5.41) is -0.318. The summed E-state index contributed by atoms with van der Waals surface area (Å²) in [5.74, 6) is -1.45. The van der Waals surface area contributed by atoms with Gasteiger partial charge in [-0.05, 0) is 31.9 Å². The van der Waals surface area contributed by atoms with Crippen molar-refractivity contribution in [2.45, 2.75) is 49.2 Å². The number of rotatable bonds is 5. The Morgan fingerprint density at radius 2 is 1.59 bits per heavy atom. The number of halogens is 1. The Morgan fingerprint density at radius 3 is 2.07 bits per heavy atom. The van der Waals surface area contributed by atoms with Crippen molar-refractivity contribution in [2.75, 3.05) is 0 Å².